The highest BCUT2D eigenvalue weighted by Gasteiger charge is 2.28. The lowest BCUT2D eigenvalue weighted by atomic mass is 9.90. The second-order valence-corrected chi connectivity index (χ2v) is 7.35. The Morgan fingerprint density at radius 2 is 1.70 bits per heavy atom. The van der Waals surface area contributed by atoms with Crippen molar-refractivity contribution in [2.45, 2.75) is 25.3 Å². The van der Waals surface area contributed by atoms with E-state index in [2.05, 4.69) is 57.6 Å². The minimum absolute atomic E-state index is 0.165. The van der Waals surface area contributed by atoms with Crippen LogP contribution in [-0.4, -0.2) is 42.9 Å². The molecule has 5 nitrogen and oxygen atoms in total. The van der Waals surface area contributed by atoms with Gasteiger partial charge in [-0.15, -0.1) is 0 Å². The van der Waals surface area contributed by atoms with Crippen LogP contribution in [0.5, 0.6) is 0 Å². The highest BCUT2D eigenvalue weighted by molar-refractivity contribution is 6.01. The zero-order valence-corrected chi connectivity index (χ0v) is 15.4. The Hall–Kier alpha value is -2.66. The first-order valence-corrected chi connectivity index (χ1v) is 9.64. The number of hydrogen-bond donors (Lipinski definition) is 1. The molecule has 27 heavy (non-hydrogen) atoms. The molecule has 2 aromatic rings. The van der Waals surface area contributed by atoms with Gasteiger partial charge in [0.2, 0.25) is 11.8 Å². The topological polar surface area (TPSA) is 52.7 Å². The van der Waals surface area contributed by atoms with E-state index in [1.807, 2.05) is 12.1 Å². The van der Waals surface area contributed by atoms with Crippen LogP contribution in [0.4, 0.5) is 5.69 Å². The lowest BCUT2D eigenvalue weighted by Crippen LogP contribution is -2.46. The molecule has 4 rings (SSSR count). The maximum atomic E-state index is 12.2. The van der Waals surface area contributed by atoms with Gasteiger partial charge in [-0.25, -0.2) is 0 Å². The predicted octanol–water partition coefficient (Wildman–Crippen LogP) is 2.53. The van der Waals surface area contributed by atoms with Crippen molar-refractivity contribution in [3.63, 3.8) is 0 Å². The molecule has 2 amide bonds. The van der Waals surface area contributed by atoms with Crippen molar-refractivity contribution in [2.24, 2.45) is 0 Å². The highest BCUT2D eigenvalue weighted by Crippen LogP contribution is 2.28. The van der Waals surface area contributed by atoms with E-state index in [4.69, 9.17) is 0 Å². The van der Waals surface area contributed by atoms with Crippen molar-refractivity contribution in [3.8, 4) is 0 Å². The molecule has 2 fully saturated rings. The van der Waals surface area contributed by atoms with Crippen LogP contribution in [0.15, 0.2) is 54.6 Å². The summed E-state index contributed by atoms with van der Waals surface area (Å²) in [6.45, 7) is 5.00. The molecule has 2 aliphatic heterocycles. The zero-order chi connectivity index (χ0) is 18.6. The van der Waals surface area contributed by atoms with Gasteiger partial charge in [0.1, 0.15) is 0 Å². The summed E-state index contributed by atoms with van der Waals surface area (Å²) in [6, 6.07) is 18.8. The van der Waals surface area contributed by atoms with Gasteiger partial charge in [0.15, 0.2) is 0 Å². The maximum Gasteiger partial charge on any atom is 0.234 e. The summed E-state index contributed by atoms with van der Waals surface area (Å²) >= 11 is 0. The van der Waals surface area contributed by atoms with E-state index < -0.39 is 0 Å². The summed E-state index contributed by atoms with van der Waals surface area (Å²) in [5.41, 5.74) is 3.52. The van der Waals surface area contributed by atoms with E-state index in [0.29, 0.717) is 12.8 Å². The Labute approximate surface area is 160 Å². The van der Waals surface area contributed by atoms with Gasteiger partial charge in [-0.1, -0.05) is 42.5 Å². The van der Waals surface area contributed by atoms with Gasteiger partial charge < -0.3 is 4.90 Å². The van der Waals surface area contributed by atoms with Crippen LogP contribution >= 0.6 is 0 Å². The van der Waals surface area contributed by atoms with Gasteiger partial charge in [0.05, 0.1) is 5.92 Å². The van der Waals surface area contributed by atoms with E-state index in [1.54, 1.807) is 0 Å². The smallest absolute Gasteiger partial charge is 0.234 e. The predicted molar refractivity (Wildman–Crippen MR) is 105 cm³/mol. The van der Waals surface area contributed by atoms with Gasteiger partial charge >= 0.3 is 0 Å². The third-order valence-electron chi connectivity index (χ3n) is 5.50. The van der Waals surface area contributed by atoms with E-state index in [9.17, 15) is 9.59 Å². The average Bonchev–Trinajstić information content (AvgIpc) is 2.69. The molecule has 140 valence electrons. The van der Waals surface area contributed by atoms with Gasteiger partial charge in [-0.05, 0) is 29.7 Å². The summed E-state index contributed by atoms with van der Waals surface area (Å²) < 4.78 is 0. The lowest BCUT2D eigenvalue weighted by molar-refractivity contribution is -0.134. The summed E-state index contributed by atoms with van der Waals surface area (Å²) in [4.78, 5) is 28.4. The van der Waals surface area contributed by atoms with Crippen molar-refractivity contribution in [1.82, 2.24) is 10.2 Å². The molecule has 0 spiro atoms. The van der Waals surface area contributed by atoms with E-state index in [1.165, 1.54) is 5.56 Å². The van der Waals surface area contributed by atoms with Crippen LogP contribution in [0, 0.1) is 0 Å². The second kappa shape index (κ2) is 7.92. The molecule has 0 aliphatic carbocycles. The number of imide groups is 1. The molecule has 1 unspecified atom stereocenters. The molecule has 0 radical (unpaired) electrons. The number of hydrogen-bond acceptors (Lipinski definition) is 4. The number of amides is 2. The average molecular weight is 363 g/mol. The molecule has 5 heteroatoms. The number of piperidine rings is 1. The third kappa shape index (κ3) is 4.19. The number of carbonyl (C=O) groups is 2. The third-order valence-corrected chi connectivity index (χ3v) is 5.50. The van der Waals surface area contributed by atoms with Crippen LogP contribution in [0.2, 0.25) is 0 Å². The quantitative estimate of drug-likeness (QED) is 0.848. The number of piperazine rings is 1. The Balaban J connectivity index is 1.39. The van der Waals surface area contributed by atoms with Gasteiger partial charge in [-0.2, -0.15) is 0 Å². The van der Waals surface area contributed by atoms with Gasteiger partial charge in [0, 0.05) is 44.8 Å². The Morgan fingerprint density at radius 1 is 0.926 bits per heavy atom. The zero-order valence-electron chi connectivity index (χ0n) is 15.4. The first-order valence-electron chi connectivity index (χ1n) is 9.64. The van der Waals surface area contributed by atoms with Crippen molar-refractivity contribution in [3.05, 3.63) is 65.7 Å². The summed E-state index contributed by atoms with van der Waals surface area (Å²) in [5.74, 6) is -0.556. The summed E-state index contributed by atoms with van der Waals surface area (Å²) in [6.07, 6.45) is 1.01. The molecule has 2 aromatic carbocycles. The molecular formula is C22H25N3O2. The van der Waals surface area contributed by atoms with E-state index >= 15 is 0 Å². The van der Waals surface area contributed by atoms with Crippen LogP contribution in [0.1, 0.15) is 29.9 Å². The normalized spacial score (nSPS) is 21.2. The first-order chi connectivity index (χ1) is 13.2. The number of nitrogens with one attached hydrogen (secondary N) is 1. The van der Waals surface area contributed by atoms with Gasteiger partial charge in [0.25, 0.3) is 0 Å². The molecule has 1 atom stereocenters. The molecule has 2 heterocycles. The van der Waals surface area contributed by atoms with Gasteiger partial charge in [-0.3, -0.25) is 19.8 Å². The maximum absolute atomic E-state index is 12.2. The largest absolute Gasteiger partial charge is 0.369 e. The lowest BCUT2D eigenvalue weighted by Gasteiger charge is -2.36. The van der Waals surface area contributed by atoms with Crippen molar-refractivity contribution >= 4 is 17.5 Å². The molecule has 2 aliphatic rings. The Bertz CT molecular complexity index is 813. The Morgan fingerprint density at radius 3 is 2.44 bits per heavy atom. The van der Waals surface area contributed by atoms with E-state index in [-0.39, 0.29) is 17.7 Å². The summed E-state index contributed by atoms with van der Waals surface area (Å²) in [5, 5.41) is 2.46. The van der Waals surface area contributed by atoms with Crippen LogP contribution in [0.25, 0.3) is 0 Å². The minimum atomic E-state index is -0.220. The SMILES string of the molecule is O=C1CCC(c2cccc(N3CCN(Cc4ccccc4)CC3)c2)C(=O)N1. The first kappa shape index (κ1) is 17.7. The van der Waals surface area contributed by atoms with Crippen molar-refractivity contribution in [2.75, 3.05) is 31.1 Å². The number of carbonyl (C=O) groups excluding carboxylic acids is 2. The molecule has 0 aromatic heterocycles. The fraction of sp³-hybridized carbons (Fsp3) is 0.364. The standard InChI is InChI=1S/C22H25N3O2/c26-21-10-9-20(22(27)23-21)18-7-4-8-19(15-18)25-13-11-24(12-14-25)16-17-5-2-1-3-6-17/h1-8,15,20H,9-14,16H2,(H,23,26,27). The van der Waals surface area contributed by atoms with Crippen LogP contribution in [0.3, 0.4) is 0 Å². The van der Waals surface area contributed by atoms with Crippen LogP contribution < -0.4 is 10.2 Å². The molecule has 0 bridgehead atoms. The molecule has 0 saturated carbocycles. The minimum Gasteiger partial charge on any atom is -0.369 e. The fourth-order valence-corrected chi connectivity index (χ4v) is 3.96. The number of benzene rings is 2. The van der Waals surface area contributed by atoms with Crippen molar-refractivity contribution in [1.29, 1.82) is 0 Å². The van der Waals surface area contributed by atoms with E-state index in [0.717, 1.165) is 44.0 Å². The van der Waals surface area contributed by atoms with Crippen molar-refractivity contribution < 1.29 is 9.59 Å². The molecule has 2 saturated heterocycles. The van der Waals surface area contributed by atoms with Crippen LogP contribution in [-0.2, 0) is 16.1 Å². The molecule has 1 N–H and O–H groups in total. The highest BCUT2D eigenvalue weighted by atomic mass is 16.2. The number of rotatable bonds is 4. The summed E-state index contributed by atoms with van der Waals surface area (Å²) in [7, 11) is 0. The Kier molecular flexibility index (Phi) is 5.21. The molecular weight excluding hydrogens is 338 g/mol. The fourth-order valence-electron chi connectivity index (χ4n) is 3.96. The second-order valence-electron chi connectivity index (χ2n) is 7.35. The number of anilines is 1. The monoisotopic (exact) mass is 363 g/mol. The number of nitrogens with zero attached hydrogens (tertiary/aromatic N) is 2.